The van der Waals surface area contributed by atoms with Crippen LogP contribution in [0.25, 0.3) is 0 Å². The number of morpholine rings is 1. The predicted octanol–water partition coefficient (Wildman–Crippen LogP) is 1.17. The van der Waals surface area contributed by atoms with Crippen LogP contribution in [0.4, 0.5) is 0 Å². The predicted molar refractivity (Wildman–Crippen MR) is 56.7 cm³/mol. The Hall–Kier alpha value is -0.610. The Morgan fingerprint density at radius 1 is 1.07 bits per heavy atom. The number of hydrogen-bond acceptors (Lipinski definition) is 3. The highest BCUT2D eigenvalue weighted by molar-refractivity contribution is 6.17. The van der Waals surface area contributed by atoms with Gasteiger partial charge >= 0.3 is 0 Å². The van der Waals surface area contributed by atoms with Crippen molar-refractivity contribution in [2.24, 2.45) is 0 Å². The fourth-order valence-corrected chi connectivity index (χ4v) is 1.68. The van der Waals surface area contributed by atoms with Crippen molar-refractivity contribution in [1.29, 1.82) is 0 Å². The number of alkyl halides is 1. The van der Waals surface area contributed by atoms with Crippen LogP contribution in [0.1, 0.15) is 25.7 Å². The van der Waals surface area contributed by atoms with Gasteiger partial charge in [0.2, 0.25) is 0 Å². The van der Waals surface area contributed by atoms with E-state index in [1.165, 1.54) is 4.90 Å². The molecule has 0 unspecified atom stereocenters. The molecule has 0 spiro atoms. The fraction of sp³-hybridized carbons (Fsp3) is 0.800. The average molecular weight is 234 g/mol. The number of rotatable bonds is 6. The summed E-state index contributed by atoms with van der Waals surface area (Å²) in [6.45, 7) is 0.587. The van der Waals surface area contributed by atoms with Crippen molar-refractivity contribution in [3.8, 4) is 0 Å². The fourth-order valence-electron chi connectivity index (χ4n) is 1.49. The van der Waals surface area contributed by atoms with Gasteiger partial charge in [0.15, 0.2) is 0 Å². The molecule has 1 rings (SSSR count). The molecule has 1 heterocycles. The maximum absolute atomic E-state index is 11.3. The Kier molecular flexibility index (Phi) is 5.65. The van der Waals surface area contributed by atoms with Gasteiger partial charge < -0.3 is 4.74 Å². The molecule has 0 aliphatic carbocycles. The molecular weight excluding hydrogens is 218 g/mol. The van der Waals surface area contributed by atoms with Crippen LogP contribution < -0.4 is 0 Å². The Morgan fingerprint density at radius 2 is 1.67 bits per heavy atom. The second kappa shape index (κ2) is 6.80. The molecule has 4 nitrogen and oxygen atoms in total. The van der Waals surface area contributed by atoms with E-state index in [0.717, 1.165) is 25.7 Å². The summed E-state index contributed by atoms with van der Waals surface area (Å²) < 4.78 is 4.81. The van der Waals surface area contributed by atoms with E-state index in [1.807, 2.05) is 0 Å². The van der Waals surface area contributed by atoms with Crippen molar-refractivity contribution in [3.05, 3.63) is 0 Å². The Bertz CT molecular complexity index is 217. The first kappa shape index (κ1) is 12.5. The Morgan fingerprint density at radius 3 is 2.27 bits per heavy atom. The second-order valence-electron chi connectivity index (χ2n) is 3.54. The number of carbonyl (C=O) groups excluding carboxylic acids is 2. The molecular formula is C10H16ClNO3. The van der Waals surface area contributed by atoms with Crippen molar-refractivity contribution in [3.63, 3.8) is 0 Å². The molecule has 0 aromatic heterocycles. The van der Waals surface area contributed by atoms with Gasteiger partial charge in [-0.2, -0.15) is 0 Å². The van der Waals surface area contributed by atoms with Crippen molar-refractivity contribution < 1.29 is 14.3 Å². The van der Waals surface area contributed by atoms with Crippen molar-refractivity contribution >= 4 is 23.4 Å². The third-order valence-electron chi connectivity index (χ3n) is 2.32. The number of carbonyl (C=O) groups is 2. The third-order valence-corrected chi connectivity index (χ3v) is 2.59. The van der Waals surface area contributed by atoms with Crippen molar-refractivity contribution in [2.45, 2.75) is 25.7 Å². The Labute approximate surface area is 94.5 Å². The summed E-state index contributed by atoms with van der Waals surface area (Å²) in [4.78, 5) is 23.9. The number of unbranched alkanes of at least 4 members (excludes halogenated alkanes) is 3. The molecule has 86 valence electrons. The zero-order valence-corrected chi connectivity index (χ0v) is 9.46. The minimum absolute atomic E-state index is 0.0351. The van der Waals surface area contributed by atoms with Gasteiger partial charge in [0.1, 0.15) is 13.2 Å². The first-order valence-corrected chi connectivity index (χ1v) is 5.76. The average Bonchev–Trinajstić information content (AvgIpc) is 2.21. The summed E-state index contributed by atoms with van der Waals surface area (Å²) in [5.74, 6) is 0.238. The van der Waals surface area contributed by atoms with Gasteiger partial charge in [-0.1, -0.05) is 12.8 Å². The normalized spacial score (nSPS) is 17.3. The molecule has 1 saturated heterocycles. The van der Waals surface area contributed by atoms with E-state index >= 15 is 0 Å². The van der Waals surface area contributed by atoms with Gasteiger partial charge in [-0.3, -0.25) is 14.5 Å². The smallest absolute Gasteiger partial charge is 0.255 e. The Balaban J connectivity index is 2.18. The van der Waals surface area contributed by atoms with Gasteiger partial charge in [-0.15, -0.1) is 11.6 Å². The SMILES string of the molecule is O=C1COCC(=O)N1CCCCCCCl. The molecule has 0 radical (unpaired) electrons. The molecule has 0 atom stereocenters. The van der Waals surface area contributed by atoms with Crippen molar-refractivity contribution in [1.82, 2.24) is 4.90 Å². The molecule has 0 N–H and O–H groups in total. The summed E-state index contributed by atoms with van der Waals surface area (Å²) in [6, 6.07) is 0. The van der Waals surface area contributed by atoms with E-state index in [1.54, 1.807) is 0 Å². The van der Waals surface area contributed by atoms with Gasteiger partial charge in [0, 0.05) is 12.4 Å². The van der Waals surface area contributed by atoms with Gasteiger partial charge in [0.25, 0.3) is 11.8 Å². The minimum Gasteiger partial charge on any atom is -0.362 e. The molecule has 2 amide bonds. The molecule has 1 aliphatic heterocycles. The molecule has 0 saturated carbocycles. The van der Waals surface area contributed by atoms with Gasteiger partial charge in [0.05, 0.1) is 0 Å². The topological polar surface area (TPSA) is 46.6 Å². The van der Waals surface area contributed by atoms with Crippen LogP contribution in [-0.2, 0) is 14.3 Å². The third kappa shape index (κ3) is 4.18. The molecule has 1 aliphatic rings. The van der Waals surface area contributed by atoms with E-state index in [2.05, 4.69) is 0 Å². The second-order valence-corrected chi connectivity index (χ2v) is 3.91. The lowest BCUT2D eigenvalue weighted by molar-refractivity contribution is -0.158. The molecule has 15 heavy (non-hydrogen) atoms. The van der Waals surface area contributed by atoms with E-state index in [4.69, 9.17) is 16.3 Å². The van der Waals surface area contributed by atoms with Crippen LogP contribution in [0, 0.1) is 0 Å². The first-order chi connectivity index (χ1) is 7.25. The van der Waals surface area contributed by atoms with E-state index in [9.17, 15) is 9.59 Å². The summed E-state index contributed by atoms with van der Waals surface area (Å²) in [7, 11) is 0. The molecule has 1 fully saturated rings. The first-order valence-electron chi connectivity index (χ1n) is 5.22. The summed E-state index contributed by atoms with van der Waals surface area (Å²) in [6.07, 6.45) is 3.90. The number of halogens is 1. The highest BCUT2D eigenvalue weighted by atomic mass is 35.5. The van der Waals surface area contributed by atoms with Crippen molar-refractivity contribution in [2.75, 3.05) is 25.6 Å². The zero-order valence-electron chi connectivity index (χ0n) is 8.71. The lowest BCUT2D eigenvalue weighted by Gasteiger charge is -2.24. The number of hydrogen-bond donors (Lipinski definition) is 0. The molecule has 5 heteroatoms. The molecule has 0 aromatic carbocycles. The molecule has 0 bridgehead atoms. The lowest BCUT2D eigenvalue weighted by atomic mass is 10.2. The largest absolute Gasteiger partial charge is 0.362 e. The van der Waals surface area contributed by atoms with E-state index in [-0.39, 0.29) is 25.0 Å². The zero-order chi connectivity index (χ0) is 11.1. The van der Waals surface area contributed by atoms with Crippen LogP contribution in [0.5, 0.6) is 0 Å². The summed E-state index contributed by atoms with van der Waals surface area (Å²) in [5, 5.41) is 0. The number of imide groups is 1. The standard InChI is InChI=1S/C10H16ClNO3/c11-5-3-1-2-4-6-12-9(13)7-15-8-10(12)14/h1-8H2. The molecule has 0 aromatic rings. The number of amides is 2. The van der Waals surface area contributed by atoms with E-state index in [0.29, 0.717) is 12.4 Å². The lowest BCUT2D eigenvalue weighted by Crippen LogP contribution is -2.46. The number of nitrogens with zero attached hydrogens (tertiary/aromatic N) is 1. The minimum atomic E-state index is -0.219. The monoisotopic (exact) mass is 233 g/mol. The van der Waals surface area contributed by atoms with Crippen LogP contribution in [-0.4, -0.2) is 42.4 Å². The van der Waals surface area contributed by atoms with Crippen LogP contribution >= 0.6 is 11.6 Å². The highest BCUT2D eigenvalue weighted by Gasteiger charge is 2.25. The summed E-state index contributed by atoms with van der Waals surface area (Å²) in [5.41, 5.74) is 0. The van der Waals surface area contributed by atoms with E-state index < -0.39 is 0 Å². The highest BCUT2D eigenvalue weighted by Crippen LogP contribution is 2.06. The number of ether oxygens (including phenoxy) is 1. The van der Waals surface area contributed by atoms with Crippen LogP contribution in [0.2, 0.25) is 0 Å². The van der Waals surface area contributed by atoms with Gasteiger partial charge in [-0.05, 0) is 12.8 Å². The van der Waals surface area contributed by atoms with Gasteiger partial charge in [-0.25, -0.2) is 0 Å². The van der Waals surface area contributed by atoms with Crippen LogP contribution in [0.3, 0.4) is 0 Å². The maximum atomic E-state index is 11.3. The maximum Gasteiger partial charge on any atom is 0.255 e. The summed E-state index contributed by atoms with van der Waals surface area (Å²) >= 11 is 5.54. The van der Waals surface area contributed by atoms with Crippen LogP contribution in [0.15, 0.2) is 0 Å². The quantitative estimate of drug-likeness (QED) is 0.393.